The average Bonchev–Trinajstić information content (AvgIpc) is 3.28. The van der Waals surface area contributed by atoms with E-state index in [9.17, 15) is 4.79 Å². The van der Waals surface area contributed by atoms with E-state index in [-0.39, 0.29) is 11.8 Å². The van der Waals surface area contributed by atoms with Crippen LogP contribution in [0.4, 0.5) is 5.69 Å². The third-order valence-corrected chi connectivity index (χ3v) is 6.06. The zero-order valence-electron chi connectivity index (χ0n) is 18.1. The van der Waals surface area contributed by atoms with E-state index in [0.29, 0.717) is 24.8 Å². The van der Waals surface area contributed by atoms with Crippen LogP contribution in [0.3, 0.4) is 0 Å². The molecule has 5 rings (SSSR count). The topological polar surface area (TPSA) is 71.3 Å². The molecule has 6 heteroatoms. The fraction of sp³-hybridized carbons (Fsp3) is 0.269. The Hall–Kier alpha value is -3.51. The van der Waals surface area contributed by atoms with Crippen LogP contribution in [-0.4, -0.2) is 34.0 Å². The van der Waals surface area contributed by atoms with Crippen molar-refractivity contribution in [2.75, 3.05) is 18.4 Å². The average molecular weight is 427 g/mol. The quantitative estimate of drug-likeness (QED) is 0.484. The second-order valence-corrected chi connectivity index (χ2v) is 8.47. The first-order valence-electron chi connectivity index (χ1n) is 11.1. The lowest BCUT2D eigenvalue weighted by Crippen LogP contribution is -2.40. The van der Waals surface area contributed by atoms with Crippen LogP contribution in [0, 0.1) is 12.8 Å². The maximum Gasteiger partial charge on any atom is 0.257 e. The number of hydrogen-bond donors (Lipinski definition) is 1. The highest BCUT2D eigenvalue weighted by Crippen LogP contribution is 2.26. The maximum atomic E-state index is 13.0. The van der Waals surface area contributed by atoms with Crippen molar-refractivity contribution in [1.29, 1.82) is 0 Å². The van der Waals surface area contributed by atoms with Crippen molar-refractivity contribution in [2.24, 2.45) is 5.92 Å². The maximum absolute atomic E-state index is 13.0. The van der Waals surface area contributed by atoms with E-state index in [2.05, 4.69) is 32.5 Å². The molecule has 1 aliphatic rings. The summed E-state index contributed by atoms with van der Waals surface area (Å²) < 4.78 is 5.46. The molecule has 0 unspecified atom stereocenters. The Morgan fingerprint density at radius 2 is 1.91 bits per heavy atom. The number of anilines is 1. The molecule has 0 aliphatic carbocycles. The molecule has 1 aliphatic heterocycles. The van der Waals surface area contributed by atoms with Crippen LogP contribution in [0.5, 0.6) is 0 Å². The monoisotopic (exact) mass is 426 g/mol. The summed E-state index contributed by atoms with van der Waals surface area (Å²) in [6, 6.07) is 22.1. The van der Waals surface area contributed by atoms with Crippen LogP contribution in [0.25, 0.3) is 22.2 Å². The van der Waals surface area contributed by atoms with Gasteiger partial charge in [-0.05, 0) is 49.9 Å². The van der Waals surface area contributed by atoms with Gasteiger partial charge in [-0.15, -0.1) is 0 Å². The van der Waals surface area contributed by atoms with Crippen molar-refractivity contribution in [3.8, 4) is 11.5 Å². The molecule has 2 heterocycles. The lowest BCUT2D eigenvalue weighted by molar-refractivity contribution is -0.121. The van der Waals surface area contributed by atoms with Gasteiger partial charge in [0.1, 0.15) is 0 Å². The van der Waals surface area contributed by atoms with E-state index in [1.807, 2.05) is 61.5 Å². The van der Waals surface area contributed by atoms with Gasteiger partial charge in [0.15, 0.2) is 5.82 Å². The van der Waals surface area contributed by atoms with Gasteiger partial charge in [-0.1, -0.05) is 59.3 Å². The van der Waals surface area contributed by atoms with E-state index in [4.69, 9.17) is 4.52 Å². The zero-order valence-corrected chi connectivity index (χ0v) is 18.1. The highest BCUT2D eigenvalue weighted by atomic mass is 16.5. The molecule has 3 aromatic carbocycles. The first-order valence-corrected chi connectivity index (χ1v) is 11.1. The number of likely N-dealkylation sites (tertiary alicyclic amines) is 1. The first kappa shape index (κ1) is 20.4. The molecular weight excluding hydrogens is 400 g/mol. The highest BCUT2D eigenvalue weighted by Gasteiger charge is 2.27. The number of aryl methyl sites for hydroxylation is 1. The normalized spacial score (nSPS) is 16.8. The van der Waals surface area contributed by atoms with Gasteiger partial charge >= 0.3 is 0 Å². The van der Waals surface area contributed by atoms with Gasteiger partial charge in [0.25, 0.3) is 5.89 Å². The third kappa shape index (κ3) is 4.41. The second kappa shape index (κ2) is 8.93. The van der Waals surface area contributed by atoms with Crippen molar-refractivity contribution in [3.05, 3.63) is 78.1 Å². The van der Waals surface area contributed by atoms with Crippen LogP contribution in [0.15, 0.2) is 71.3 Å². The Balaban J connectivity index is 1.23. The molecule has 0 spiro atoms. The van der Waals surface area contributed by atoms with Gasteiger partial charge in [-0.25, -0.2) is 0 Å². The number of amides is 1. The van der Waals surface area contributed by atoms with Crippen molar-refractivity contribution in [3.63, 3.8) is 0 Å². The molecule has 1 saturated heterocycles. The van der Waals surface area contributed by atoms with E-state index >= 15 is 0 Å². The molecule has 4 aromatic rings. The smallest absolute Gasteiger partial charge is 0.257 e. The summed E-state index contributed by atoms with van der Waals surface area (Å²) in [5, 5.41) is 9.49. The Morgan fingerprint density at radius 3 is 2.78 bits per heavy atom. The van der Waals surface area contributed by atoms with Crippen LogP contribution in [-0.2, 0) is 11.3 Å². The van der Waals surface area contributed by atoms with Gasteiger partial charge in [0.2, 0.25) is 5.91 Å². The van der Waals surface area contributed by atoms with Crippen molar-refractivity contribution in [2.45, 2.75) is 26.3 Å². The number of benzene rings is 3. The van der Waals surface area contributed by atoms with Crippen molar-refractivity contribution >= 4 is 22.4 Å². The van der Waals surface area contributed by atoms with E-state index in [0.717, 1.165) is 41.4 Å². The molecule has 162 valence electrons. The number of piperidine rings is 1. The number of nitrogens with one attached hydrogen (secondary N) is 1. The number of carbonyl (C=O) groups is 1. The summed E-state index contributed by atoms with van der Waals surface area (Å²) in [4.78, 5) is 19.8. The van der Waals surface area contributed by atoms with Crippen molar-refractivity contribution < 1.29 is 9.32 Å². The Kier molecular flexibility index (Phi) is 5.69. The molecule has 0 saturated carbocycles. The standard InChI is InChI=1S/C26H26N4O2/c1-18-11-13-20(14-12-18)26-28-24(29-32-26)17-30-15-5-8-21(16-30)25(31)27-23-10-4-7-19-6-2-3-9-22(19)23/h2-4,6-7,9-14,21H,5,8,15-17H2,1H3,(H,27,31)/t21-/m0/s1. The lowest BCUT2D eigenvalue weighted by Gasteiger charge is -2.31. The van der Waals surface area contributed by atoms with E-state index < -0.39 is 0 Å². The highest BCUT2D eigenvalue weighted by molar-refractivity contribution is 6.02. The molecule has 1 aromatic heterocycles. The van der Waals surface area contributed by atoms with Gasteiger partial charge in [0, 0.05) is 23.2 Å². The largest absolute Gasteiger partial charge is 0.334 e. The minimum Gasteiger partial charge on any atom is -0.334 e. The molecule has 1 amide bonds. The SMILES string of the molecule is Cc1ccc(-c2nc(CN3CCC[C@H](C(=O)Nc4cccc5ccccc45)C3)no2)cc1. The second-order valence-electron chi connectivity index (χ2n) is 8.47. The minimum absolute atomic E-state index is 0.0637. The van der Waals surface area contributed by atoms with Crippen molar-refractivity contribution in [1.82, 2.24) is 15.0 Å². The fourth-order valence-electron chi connectivity index (χ4n) is 4.31. The number of rotatable bonds is 5. The molecule has 1 N–H and O–H groups in total. The van der Waals surface area contributed by atoms with Crippen LogP contribution < -0.4 is 5.32 Å². The van der Waals surface area contributed by atoms with Gasteiger partial charge in [-0.3, -0.25) is 9.69 Å². The fourth-order valence-corrected chi connectivity index (χ4v) is 4.31. The summed E-state index contributed by atoms with van der Waals surface area (Å²) in [6.07, 6.45) is 1.85. The third-order valence-electron chi connectivity index (χ3n) is 6.06. The lowest BCUT2D eigenvalue weighted by atomic mass is 9.96. The van der Waals surface area contributed by atoms with E-state index in [1.54, 1.807) is 0 Å². The molecule has 6 nitrogen and oxygen atoms in total. The molecule has 32 heavy (non-hydrogen) atoms. The van der Waals surface area contributed by atoms with Gasteiger partial charge < -0.3 is 9.84 Å². The van der Waals surface area contributed by atoms with Gasteiger partial charge in [0.05, 0.1) is 12.5 Å². The zero-order chi connectivity index (χ0) is 21.9. The predicted octanol–water partition coefficient (Wildman–Crippen LogP) is 5.05. The number of nitrogens with zero attached hydrogens (tertiary/aromatic N) is 3. The number of hydrogen-bond acceptors (Lipinski definition) is 5. The summed E-state index contributed by atoms with van der Waals surface area (Å²) >= 11 is 0. The Morgan fingerprint density at radius 1 is 1.09 bits per heavy atom. The summed E-state index contributed by atoms with van der Waals surface area (Å²) in [7, 11) is 0. The Bertz CT molecular complexity index is 1230. The predicted molar refractivity (Wildman–Crippen MR) is 125 cm³/mol. The molecular formula is C26H26N4O2. The summed E-state index contributed by atoms with van der Waals surface area (Å²) in [6.45, 7) is 4.23. The Labute approximate surface area is 187 Å². The number of carbonyl (C=O) groups excluding carboxylic acids is 1. The van der Waals surface area contributed by atoms with Crippen LogP contribution in [0.2, 0.25) is 0 Å². The summed E-state index contributed by atoms with van der Waals surface area (Å²) in [5.41, 5.74) is 2.97. The van der Waals surface area contributed by atoms with Crippen LogP contribution >= 0.6 is 0 Å². The number of fused-ring (bicyclic) bond motifs is 1. The minimum atomic E-state index is -0.0637. The molecule has 1 fully saturated rings. The first-order chi connectivity index (χ1) is 15.7. The molecule has 0 bridgehead atoms. The summed E-state index contributed by atoms with van der Waals surface area (Å²) in [5.74, 6) is 1.18. The number of aromatic nitrogens is 2. The molecule has 0 radical (unpaired) electrons. The van der Waals surface area contributed by atoms with Crippen LogP contribution in [0.1, 0.15) is 24.2 Å². The van der Waals surface area contributed by atoms with Gasteiger partial charge in [-0.2, -0.15) is 4.98 Å². The molecule has 1 atom stereocenters. The van der Waals surface area contributed by atoms with E-state index in [1.165, 1.54) is 5.56 Å².